The minimum absolute atomic E-state index is 0.0408. The highest BCUT2D eigenvalue weighted by Crippen LogP contribution is 2.29. The van der Waals surface area contributed by atoms with E-state index in [1.165, 1.54) is 0 Å². The molecule has 0 atom stereocenters. The van der Waals surface area contributed by atoms with E-state index in [-0.39, 0.29) is 11.3 Å². The average Bonchev–Trinajstić information content (AvgIpc) is 2.55. The smallest absolute Gasteiger partial charge is 0.274 e. The third-order valence-electron chi connectivity index (χ3n) is 3.84. The highest BCUT2D eigenvalue weighted by atomic mass is 16.1. The zero-order valence-corrected chi connectivity index (χ0v) is 15.0. The van der Waals surface area contributed by atoms with E-state index in [4.69, 9.17) is 0 Å². The molecule has 128 valence electrons. The molecule has 0 aliphatic carbocycles. The van der Waals surface area contributed by atoms with E-state index in [1.807, 2.05) is 30.3 Å². The summed E-state index contributed by atoms with van der Waals surface area (Å²) in [6.07, 6.45) is 3.90. The van der Waals surface area contributed by atoms with Crippen molar-refractivity contribution in [1.82, 2.24) is 4.98 Å². The Balaban J connectivity index is 2.15. The van der Waals surface area contributed by atoms with Crippen molar-refractivity contribution < 1.29 is 4.79 Å². The second-order valence-electron chi connectivity index (χ2n) is 6.96. The van der Waals surface area contributed by atoms with Crippen LogP contribution in [-0.2, 0) is 5.41 Å². The monoisotopic (exact) mass is 325 g/mol. The predicted octanol–water partition coefficient (Wildman–Crippen LogP) is 4.84. The number of hydrogen-bond acceptors (Lipinski definition) is 3. The van der Waals surface area contributed by atoms with Gasteiger partial charge in [0.25, 0.3) is 5.91 Å². The Morgan fingerprint density at radius 3 is 2.62 bits per heavy atom. The van der Waals surface area contributed by atoms with E-state index in [1.54, 1.807) is 12.3 Å². The van der Waals surface area contributed by atoms with Gasteiger partial charge in [0.15, 0.2) is 0 Å². The topological polar surface area (TPSA) is 54.0 Å². The molecule has 2 N–H and O–H groups in total. The van der Waals surface area contributed by atoms with E-state index in [9.17, 15) is 4.79 Å². The van der Waals surface area contributed by atoms with Crippen molar-refractivity contribution in [2.24, 2.45) is 0 Å². The summed E-state index contributed by atoms with van der Waals surface area (Å²) >= 11 is 0. The van der Waals surface area contributed by atoms with Crippen LogP contribution in [-0.4, -0.2) is 17.4 Å². The number of aromatic nitrogens is 1. The maximum Gasteiger partial charge on any atom is 0.274 e. The van der Waals surface area contributed by atoms with Gasteiger partial charge in [0, 0.05) is 24.1 Å². The Kier molecular flexibility index (Phi) is 5.96. The molecule has 0 aliphatic rings. The number of nitrogens with one attached hydrogen (secondary N) is 2. The number of rotatable bonds is 6. The van der Waals surface area contributed by atoms with Gasteiger partial charge in [0.2, 0.25) is 0 Å². The van der Waals surface area contributed by atoms with E-state index in [0.717, 1.165) is 36.3 Å². The SMILES string of the molecule is CCCCNc1ccnc(C(=O)Nc2ccccc2C(C)(C)C)c1. The molecular weight excluding hydrogens is 298 g/mol. The van der Waals surface area contributed by atoms with Crippen molar-refractivity contribution >= 4 is 17.3 Å². The molecule has 0 unspecified atom stereocenters. The Labute approximate surface area is 144 Å². The average molecular weight is 325 g/mol. The highest BCUT2D eigenvalue weighted by molar-refractivity contribution is 6.03. The number of unbranched alkanes of at least 4 members (excludes halogenated alkanes) is 1. The normalized spacial score (nSPS) is 11.2. The first-order chi connectivity index (χ1) is 11.4. The number of amides is 1. The Morgan fingerprint density at radius 1 is 1.17 bits per heavy atom. The summed E-state index contributed by atoms with van der Waals surface area (Å²) in [6, 6.07) is 11.6. The fourth-order valence-corrected chi connectivity index (χ4v) is 2.51. The summed E-state index contributed by atoms with van der Waals surface area (Å²) in [6.45, 7) is 9.45. The summed E-state index contributed by atoms with van der Waals surface area (Å²) in [7, 11) is 0. The summed E-state index contributed by atoms with van der Waals surface area (Å²) < 4.78 is 0. The van der Waals surface area contributed by atoms with Gasteiger partial charge >= 0.3 is 0 Å². The minimum atomic E-state index is -0.189. The van der Waals surface area contributed by atoms with Crippen molar-refractivity contribution in [2.75, 3.05) is 17.2 Å². The molecular formula is C20H27N3O. The number of hydrogen-bond donors (Lipinski definition) is 2. The molecule has 24 heavy (non-hydrogen) atoms. The molecule has 0 aliphatic heterocycles. The van der Waals surface area contributed by atoms with Gasteiger partial charge in [-0.25, -0.2) is 0 Å². The first-order valence-corrected chi connectivity index (χ1v) is 8.52. The van der Waals surface area contributed by atoms with E-state index in [0.29, 0.717) is 5.69 Å². The number of benzene rings is 1. The van der Waals surface area contributed by atoms with Crippen LogP contribution in [0.15, 0.2) is 42.6 Å². The Bertz CT molecular complexity index is 689. The molecule has 0 bridgehead atoms. The van der Waals surface area contributed by atoms with Crippen molar-refractivity contribution in [2.45, 2.75) is 46.0 Å². The molecule has 0 saturated carbocycles. The van der Waals surface area contributed by atoms with Crippen LogP contribution in [0.5, 0.6) is 0 Å². The third-order valence-corrected chi connectivity index (χ3v) is 3.84. The van der Waals surface area contributed by atoms with Crippen LogP contribution in [0.2, 0.25) is 0 Å². The molecule has 1 heterocycles. The van der Waals surface area contributed by atoms with Crippen LogP contribution >= 0.6 is 0 Å². The Morgan fingerprint density at radius 2 is 1.92 bits per heavy atom. The molecule has 1 aromatic carbocycles. The van der Waals surface area contributed by atoms with Crippen molar-refractivity contribution in [3.8, 4) is 0 Å². The number of anilines is 2. The molecule has 1 aromatic heterocycles. The van der Waals surface area contributed by atoms with Gasteiger partial charge in [-0.3, -0.25) is 9.78 Å². The lowest BCUT2D eigenvalue weighted by Gasteiger charge is -2.23. The second-order valence-corrected chi connectivity index (χ2v) is 6.96. The molecule has 2 rings (SSSR count). The summed E-state index contributed by atoms with van der Waals surface area (Å²) in [4.78, 5) is 16.8. The highest BCUT2D eigenvalue weighted by Gasteiger charge is 2.19. The summed E-state index contributed by atoms with van der Waals surface area (Å²) in [5.41, 5.74) is 3.24. The van der Waals surface area contributed by atoms with Crippen LogP contribution in [0.1, 0.15) is 56.6 Å². The van der Waals surface area contributed by atoms with E-state index < -0.39 is 0 Å². The lowest BCUT2D eigenvalue weighted by Crippen LogP contribution is -2.19. The fourth-order valence-electron chi connectivity index (χ4n) is 2.51. The number of carbonyl (C=O) groups is 1. The second kappa shape index (κ2) is 7.95. The molecule has 1 amide bonds. The van der Waals surface area contributed by atoms with Gasteiger partial charge in [-0.1, -0.05) is 52.3 Å². The number of pyridine rings is 1. The lowest BCUT2D eigenvalue weighted by molar-refractivity contribution is 0.102. The van der Waals surface area contributed by atoms with Crippen LogP contribution < -0.4 is 10.6 Å². The van der Waals surface area contributed by atoms with Gasteiger partial charge in [0.05, 0.1) is 0 Å². The molecule has 0 fully saturated rings. The molecule has 0 spiro atoms. The van der Waals surface area contributed by atoms with Gasteiger partial charge in [-0.15, -0.1) is 0 Å². The van der Waals surface area contributed by atoms with Crippen molar-refractivity contribution in [3.63, 3.8) is 0 Å². The number of nitrogens with zero attached hydrogens (tertiary/aromatic N) is 1. The van der Waals surface area contributed by atoms with E-state index in [2.05, 4.69) is 43.3 Å². The van der Waals surface area contributed by atoms with Crippen LogP contribution in [0, 0.1) is 0 Å². The first-order valence-electron chi connectivity index (χ1n) is 8.52. The van der Waals surface area contributed by atoms with Crippen LogP contribution in [0.4, 0.5) is 11.4 Å². The van der Waals surface area contributed by atoms with Gasteiger partial charge in [0.1, 0.15) is 5.69 Å². The zero-order chi connectivity index (χ0) is 17.6. The van der Waals surface area contributed by atoms with Crippen LogP contribution in [0.25, 0.3) is 0 Å². The van der Waals surface area contributed by atoms with Crippen molar-refractivity contribution in [3.05, 3.63) is 53.9 Å². The largest absolute Gasteiger partial charge is 0.385 e. The molecule has 2 aromatic rings. The number of carbonyl (C=O) groups excluding carboxylic acids is 1. The standard InChI is InChI=1S/C20H27N3O/c1-5-6-12-21-15-11-13-22-18(14-15)19(24)23-17-10-8-7-9-16(17)20(2,3)4/h7-11,13-14H,5-6,12H2,1-4H3,(H,21,22)(H,23,24). The molecule has 0 radical (unpaired) electrons. The quantitative estimate of drug-likeness (QED) is 0.747. The van der Waals surface area contributed by atoms with Gasteiger partial charge in [-0.05, 0) is 35.6 Å². The number of para-hydroxylation sites is 1. The predicted molar refractivity (Wildman–Crippen MR) is 101 cm³/mol. The third kappa shape index (κ3) is 4.82. The van der Waals surface area contributed by atoms with Gasteiger partial charge < -0.3 is 10.6 Å². The van der Waals surface area contributed by atoms with Gasteiger partial charge in [-0.2, -0.15) is 0 Å². The van der Waals surface area contributed by atoms with Crippen LogP contribution in [0.3, 0.4) is 0 Å². The molecule has 4 nitrogen and oxygen atoms in total. The maximum absolute atomic E-state index is 12.6. The van der Waals surface area contributed by atoms with Crippen molar-refractivity contribution in [1.29, 1.82) is 0 Å². The molecule has 4 heteroatoms. The maximum atomic E-state index is 12.6. The lowest BCUT2D eigenvalue weighted by atomic mass is 9.86. The first kappa shape index (κ1) is 18.0. The molecule has 0 saturated heterocycles. The fraction of sp³-hybridized carbons (Fsp3) is 0.400. The van der Waals surface area contributed by atoms with E-state index >= 15 is 0 Å². The zero-order valence-electron chi connectivity index (χ0n) is 15.0. The summed E-state index contributed by atoms with van der Waals surface area (Å²) in [5.74, 6) is -0.189. The minimum Gasteiger partial charge on any atom is -0.385 e. The Hall–Kier alpha value is -2.36. The summed E-state index contributed by atoms with van der Waals surface area (Å²) in [5, 5.41) is 6.32.